The quantitative estimate of drug-likeness (QED) is 0.00783. The van der Waals surface area contributed by atoms with E-state index in [4.69, 9.17) is 56.8 Å². The Morgan fingerprint density at radius 1 is 0.308 bits per heavy atom. The maximum Gasteiger partial charge on any atom is 0.309 e. The zero-order chi connectivity index (χ0) is 83.7. The Bertz CT molecular complexity index is 3050. The van der Waals surface area contributed by atoms with Gasteiger partial charge in [0.15, 0.2) is 0 Å². The number of benzene rings is 4. The number of hydrogen-bond acceptors (Lipinski definition) is 32. The Labute approximate surface area is 616 Å². The molecule has 0 spiro atoms. The summed E-state index contributed by atoms with van der Waals surface area (Å²) in [4.78, 5) is 177. The lowest BCUT2D eigenvalue weighted by atomic mass is 10.1. The second-order valence-electron chi connectivity index (χ2n) is 19.1. The number of carbonyl (C=O) groups excluding carboxylic acids is 13. The Kier molecular flexibility index (Phi) is 74.6. The van der Waals surface area contributed by atoms with E-state index in [0.29, 0.717) is 22.7 Å². The number of aliphatic carboxylic acids is 3. The molecular weight excluding hydrogens is 1420 g/mol. The third kappa shape index (κ3) is 73.5. The number of aliphatic hydroxyl groups is 3. The maximum absolute atomic E-state index is 11.7. The van der Waals surface area contributed by atoms with Crippen LogP contribution in [0.5, 0.6) is 23.0 Å². The first kappa shape index (κ1) is 108. The number of carboxylic acids is 3. The van der Waals surface area contributed by atoms with E-state index in [1.54, 1.807) is 24.3 Å². The van der Waals surface area contributed by atoms with E-state index < -0.39 is 96.3 Å². The van der Waals surface area contributed by atoms with E-state index in [0.717, 1.165) is 21.3 Å². The molecule has 0 aliphatic carbocycles. The lowest BCUT2D eigenvalue weighted by Crippen LogP contribution is -2.20. The van der Waals surface area contributed by atoms with Gasteiger partial charge in [0, 0.05) is 102 Å². The van der Waals surface area contributed by atoms with Crippen molar-refractivity contribution in [3.63, 3.8) is 0 Å². The zero-order valence-corrected chi connectivity index (χ0v) is 60.7. The molecule has 39 nitrogen and oxygen atoms in total. The lowest BCUT2D eigenvalue weighted by molar-refractivity contribution is -0.169. The first-order valence-corrected chi connectivity index (χ1v) is 31.4. The molecule has 4 amide bonds. The van der Waals surface area contributed by atoms with E-state index in [1.165, 1.54) is 108 Å². The van der Waals surface area contributed by atoms with E-state index in [-0.39, 0.29) is 150 Å². The number of aliphatic hydroxyl groups excluding tert-OH is 3. The van der Waals surface area contributed by atoms with Gasteiger partial charge in [-0.1, -0.05) is 0 Å². The molecule has 0 aliphatic rings. The number of esters is 5. The number of ether oxygens (including phenoxy) is 5. The Balaban J connectivity index is -0.000000232. The normalized spacial score (nSPS) is 8.99. The molecule has 4 rings (SSSR count). The molecule has 0 saturated heterocycles. The molecule has 107 heavy (non-hydrogen) atoms. The van der Waals surface area contributed by atoms with Crippen LogP contribution in [0.1, 0.15) is 116 Å². The van der Waals surface area contributed by atoms with Gasteiger partial charge < -0.3 is 119 Å². The number of aromatic hydroxyl groups is 4. The fourth-order valence-corrected chi connectivity index (χ4v) is 6.25. The van der Waals surface area contributed by atoms with Crippen molar-refractivity contribution in [2.24, 2.45) is 17.2 Å². The van der Waals surface area contributed by atoms with Gasteiger partial charge in [-0.3, -0.25) is 76.7 Å². The molecule has 0 aromatic heterocycles. The van der Waals surface area contributed by atoms with E-state index in [2.05, 4.69) is 62.2 Å². The van der Waals surface area contributed by atoms with E-state index >= 15 is 0 Å². The molecular formula is C68H102N8O31. The van der Waals surface area contributed by atoms with Crippen molar-refractivity contribution >= 4 is 117 Å². The van der Waals surface area contributed by atoms with Crippen LogP contribution in [0.2, 0.25) is 0 Å². The van der Waals surface area contributed by atoms with Gasteiger partial charge in [-0.15, -0.1) is 0 Å². The maximum atomic E-state index is 11.7. The number of carbonyl (C=O) groups is 16. The Morgan fingerprint density at radius 3 is 0.738 bits per heavy atom. The fourth-order valence-electron chi connectivity index (χ4n) is 6.25. The topological polar surface area (TPSA) is 674 Å². The van der Waals surface area contributed by atoms with Crippen LogP contribution in [-0.2, 0) is 100 Å². The number of amides is 4. The zero-order valence-electron chi connectivity index (χ0n) is 60.7. The van der Waals surface area contributed by atoms with Gasteiger partial charge in [0.1, 0.15) is 46.1 Å². The molecule has 0 aliphatic heterocycles. The van der Waals surface area contributed by atoms with Crippen LogP contribution in [0.15, 0.2) is 97.1 Å². The first-order chi connectivity index (χ1) is 50.9. The summed E-state index contributed by atoms with van der Waals surface area (Å²) in [6, 6.07) is 24.0. The van der Waals surface area contributed by atoms with Crippen molar-refractivity contribution in [2.75, 3.05) is 91.9 Å². The predicted octanol–water partition coefficient (Wildman–Crippen LogP) is 2.06. The van der Waals surface area contributed by atoms with Crippen LogP contribution >= 0.6 is 0 Å². The third-order valence-electron chi connectivity index (χ3n) is 11.2. The van der Waals surface area contributed by atoms with Gasteiger partial charge in [-0.2, -0.15) is 0 Å². The minimum atomic E-state index is -1.10. The molecule has 0 fully saturated rings. The highest BCUT2D eigenvalue weighted by molar-refractivity contribution is 6.02. The summed E-state index contributed by atoms with van der Waals surface area (Å²) >= 11 is 0. The average Bonchev–Trinajstić information content (AvgIpc) is 1.10. The number of nitrogen functional groups attached to an aromatic ring is 1. The summed E-state index contributed by atoms with van der Waals surface area (Å²) in [5, 5.41) is 92.0. The molecule has 0 atom stereocenters. The lowest BCUT2D eigenvalue weighted by Gasteiger charge is -2.07. The average molecular weight is 1530 g/mol. The molecule has 600 valence electrons. The number of hydrogen-bond donors (Lipinski definition) is 18. The van der Waals surface area contributed by atoms with Crippen molar-refractivity contribution in [2.45, 2.75) is 116 Å². The van der Waals surface area contributed by atoms with E-state index in [9.17, 15) is 76.7 Å². The molecule has 0 unspecified atom stereocenters. The van der Waals surface area contributed by atoms with Gasteiger partial charge >= 0.3 is 47.8 Å². The molecule has 4 aromatic rings. The number of rotatable bonds is 35. The second-order valence-corrected chi connectivity index (χ2v) is 19.1. The third-order valence-corrected chi connectivity index (χ3v) is 11.2. The summed E-state index contributed by atoms with van der Waals surface area (Å²) in [5.41, 5.74) is 20.9. The molecule has 22 N–H and O–H groups in total. The Morgan fingerprint density at radius 2 is 0.514 bits per heavy atom. The van der Waals surface area contributed by atoms with Crippen molar-refractivity contribution in [1.29, 1.82) is 0 Å². The standard InChI is InChI=1S/C16H20N2O7.C16H19NO8.C15H17NO6.C9H12O6.C6H7NO.3CH5N.3CH4O/c1-17-13(20)6-8-15(22)24-10-25-16(23)9-7-14(21)18-11-2-4-12(19)5-3-11;1-23-14(20)8-9-16(22)25-10-24-15(21)7-6-13(19)17-11-2-4-12(18)5-3-11;17-11-3-1-10(2-4-11)16-14(20)7-5-12(18)9-13(19)6-8-15(21)22;10-6(1-3-8(12)13)5-7(11)2-4-9(14)15;7-5-1-3-6(8)4-2-5;6*1-2/h2-5,19H,6-10H2,1H3,(H,17,20)(H,18,21);2-5,18H,6-10H2,1H3,(H,17,19);1-4,17H,5-9H2,(H,16,20)(H,21,22);1-5H2,(H,12,13)(H,14,15);1-4,8H,7H2;3*2H2,1H3;3*2H,1H3. The van der Waals surface area contributed by atoms with Gasteiger partial charge in [0.25, 0.3) is 0 Å². The van der Waals surface area contributed by atoms with Crippen LogP contribution in [0.25, 0.3) is 0 Å². The molecule has 39 heteroatoms. The van der Waals surface area contributed by atoms with Gasteiger partial charge in [0.05, 0.1) is 71.3 Å². The number of Topliss-reactive ketones (excluding diaryl/α,β-unsaturated/α-hetero) is 4. The molecule has 0 saturated carbocycles. The number of ketones is 4. The summed E-state index contributed by atoms with van der Waals surface area (Å²) in [6.07, 6.45) is -3.35. The van der Waals surface area contributed by atoms with Crippen molar-refractivity contribution in [3.8, 4) is 23.0 Å². The highest BCUT2D eigenvalue weighted by atomic mass is 16.7. The molecule has 0 heterocycles. The molecule has 4 aromatic carbocycles. The minimum absolute atomic E-state index is 0.0132. The van der Waals surface area contributed by atoms with Crippen LogP contribution in [0, 0.1) is 0 Å². The molecule has 0 bridgehead atoms. The van der Waals surface area contributed by atoms with Crippen LogP contribution in [-0.4, -0.2) is 216 Å². The van der Waals surface area contributed by atoms with E-state index in [1.807, 2.05) is 0 Å². The van der Waals surface area contributed by atoms with Crippen molar-refractivity contribution < 1.29 is 151 Å². The summed E-state index contributed by atoms with van der Waals surface area (Å²) in [7, 11) is 10.2. The number of methoxy groups -OCH3 is 1. The monoisotopic (exact) mass is 1530 g/mol. The van der Waals surface area contributed by atoms with Gasteiger partial charge in [-0.25, -0.2) is 0 Å². The Hall–Kier alpha value is -12.0. The number of phenolic OH excluding ortho intramolecular Hbond substituents is 4. The smallest absolute Gasteiger partial charge is 0.309 e. The highest BCUT2D eigenvalue weighted by Crippen LogP contribution is 2.17. The number of nitrogens with one attached hydrogen (secondary N) is 4. The fraction of sp³-hybridized carbons (Fsp3) is 0.412. The summed E-state index contributed by atoms with van der Waals surface area (Å²) < 4.78 is 22.9. The van der Waals surface area contributed by atoms with Gasteiger partial charge in [-0.05, 0) is 118 Å². The first-order valence-electron chi connectivity index (χ1n) is 31.4. The van der Waals surface area contributed by atoms with Crippen LogP contribution < -0.4 is 44.2 Å². The number of phenols is 4. The van der Waals surface area contributed by atoms with Crippen LogP contribution in [0.3, 0.4) is 0 Å². The summed E-state index contributed by atoms with van der Waals surface area (Å²) in [6.45, 7) is -1.15. The summed E-state index contributed by atoms with van der Waals surface area (Å²) in [5.74, 6) is -9.37. The predicted molar refractivity (Wildman–Crippen MR) is 384 cm³/mol. The van der Waals surface area contributed by atoms with Crippen molar-refractivity contribution in [1.82, 2.24) is 5.32 Å². The highest BCUT2D eigenvalue weighted by Gasteiger charge is 2.17. The molecule has 0 radical (unpaired) electrons. The minimum Gasteiger partial charge on any atom is -0.508 e. The number of nitrogens with two attached hydrogens (primary N) is 4. The second kappa shape index (κ2) is 73.7. The van der Waals surface area contributed by atoms with Crippen LogP contribution in [0.4, 0.5) is 22.7 Å². The largest absolute Gasteiger partial charge is 0.508 e. The SMILES string of the molecule is CN.CN.CN.CNC(=O)CCC(=O)OCOC(=O)CCC(=O)Nc1ccc(O)cc1.CO.CO.CO.COC(=O)CCC(=O)OCOC(=O)CCC(=O)Nc1ccc(O)cc1.Nc1ccc(O)cc1.O=C(O)CCC(=O)CC(=O)CCC(=O)Nc1ccc(O)cc1.O=C(O)CCC(=O)CC(=O)CCC(=O)O. The number of anilines is 4. The van der Waals surface area contributed by atoms with Crippen molar-refractivity contribution in [3.05, 3.63) is 97.1 Å². The number of carboxylic acid groups (broad SMARTS) is 3. The van der Waals surface area contributed by atoms with Gasteiger partial charge in [0.2, 0.25) is 37.2 Å².